The Balaban J connectivity index is 1.75. The minimum atomic E-state index is -0.239. The summed E-state index contributed by atoms with van der Waals surface area (Å²) in [7, 11) is 0. The molecular formula is C16H15ClIN3O2. The molecule has 7 heteroatoms. The topological polar surface area (TPSA) is 71.1 Å². The lowest BCUT2D eigenvalue weighted by atomic mass is 10.2. The van der Waals surface area contributed by atoms with Gasteiger partial charge in [0.25, 0.3) is 5.91 Å². The van der Waals surface area contributed by atoms with E-state index in [1.165, 1.54) is 0 Å². The quantitative estimate of drug-likeness (QED) is 0.675. The zero-order chi connectivity index (χ0) is 16.7. The van der Waals surface area contributed by atoms with E-state index in [2.05, 4.69) is 38.2 Å². The van der Waals surface area contributed by atoms with E-state index in [9.17, 15) is 9.59 Å². The summed E-state index contributed by atoms with van der Waals surface area (Å²) in [4.78, 5) is 27.8. The fourth-order valence-electron chi connectivity index (χ4n) is 1.85. The van der Waals surface area contributed by atoms with Gasteiger partial charge in [-0.2, -0.15) is 0 Å². The average Bonchev–Trinajstić information content (AvgIpc) is 2.56. The molecule has 120 valence electrons. The van der Waals surface area contributed by atoms with Gasteiger partial charge >= 0.3 is 0 Å². The Bertz CT molecular complexity index is 695. The highest BCUT2D eigenvalue weighted by Crippen LogP contribution is 2.17. The second-order valence-corrected chi connectivity index (χ2v) is 6.37. The molecule has 0 unspecified atom stereocenters. The number of hydrogen-bond acceptors (Lipinski definition) is 3. The van der Waals surface area contributed by atoms with Gasteiger partial charge in [0.1, 0.15) is 0 Å². The van der Waals surface area contributed by atoms with Gasteiger partial charge in [0.05, 0.1) is 5.56 Å². The van der Waals surface area contributed by atoms with Crippen LogP contribution in [0.3, 0.4) is 0 Å². The first-order valence-corrected chi connectivity index (χ1v) is 8.41. The SMILES string of the molecule is O=C(CCNC(=O)c1cc(Cl)ccc1I)NCc1cccnc1. The molecule has 0 saturated carbocycles. The Kier molecular flexibility index (Phi) is 6.79. The molecule has 2 aromatic rings. The lowest BCUT2D eigenvalue weighted by Gasteiger charge is -2.08. The normalized spacial score (nSPS) is 10.2. The molecule has 0 radical (unpaired) electrons. The van der Waals surface area contributed by atoms with Gasteiger partial charge in [-0.25, -0.2) is 0 Å². The highest BCUT2D eigenvalue weighted by molar-refractivity contribution is 14.1. The van der Waals surface area contributed by atoms with Crippen molar-refractivity contribution < 1.29 is 9.59 Å². The van der Waals surface area contributed by atoms with Crippen LogP contribution in [0.15, 0.2) is 42.7 Å². The maximum absolute atomic E-state index is 12.1. The number of carbonyl (C=O) groups is 2. The highest BCUT2D eigenvalue weighted by atomic mass is 127. The molecule has 0 aliphatic heterocycles. The lowest BCUT2D eigenvalue weighted by Crippen LogP contribution is -2.30. The van der Waals surface area contributed by atoms with Gasteiger partial charge in [0.2, 0.25) is 5.91 Å². The first-order chi connectivity index (χ1) is 11.1. The van der Waals surface area contributed by atoms with Gasteiger partial charge in [-0.3, -0.25) is 14.6 Å². The van der Waals surface area contributed by atoms with E-state index in [-0.39, 0.29) is 24.8 Å². The van der Waals surface area contributed by atoms with Gasteiger partial charge in [0.15, 0.2) is 0 Å². The summed E-state index contributed by atoms with van der Waals surface area (Å²) >= 11 is 7.96. The molecule has 1 aromatic heterocycles. The number of amides is 2. The van der Waals surface area contributed by atoms with Crippen molar-refractivity contribution in [2.45, 2.75) is 13.0 Å². The van der Waals surface area contributed by atoms with Crippen LogP contribution in [0.5, 0.6) is 0 Å². The van der Waals surface area contributed by atoms with E-state index < -0.39 is 0 Å². The molecule has 1 aromatic carbocycles. The van der Waals surface area contributed by atoms with Crippen molar-refractivity contribution in [3.63, 3.8) is 0 Å². The fourth-order valence-corrected chi connectivity index (χ4v) is 2.60. The Morgan fingerprint density at radius 2 is 2.04 bits per heavy atom. The van der Waals surface area contributed by atoms with E-state index in [4.69, 9.17) is 11.6 Å². The van der Waals surface area contributed by atoms with Gasteiger partial charge in [-0.15, -0.1) is 0 Å². The smallest absolute Gasteiger partial charge is 0.252 e. The van der Waals surface area contributed by atoms with Crippen molar-refractivity contribution in [2.24, 2.45) is 0 Å². The molecule has 5 nitrogen and oxygen atoms in total. The van der Waals surface area contributed by atoms with Crippen LogP contribution < -0.4 is 10.6 Å². The third-order valence-electron chi connectivity index (χ3n) is 3.02. The van der Waals surface area contributed by atoms with Crippen molar-refractivity contribution in [1.29, 1.82) is 0 Å². The number of rotatable bonds is 6. The number of nitrogens with zero attached hydrogens (tertiary/aromatic N) is 1. The van der Waals surface area contributed by atoms with Crippen molar-refractivity contribution in [3.8, 4) is 0 Å². The molecule has 0 aliphatic rings. The molecule has 0 spiro atoms. The summed E-state index contributed by atoms with van der Waals surface area (Å²) < 4.78 is 0.811. The van der Waals surface area contributed by atoms with Gasteiger partial charge in [-0.1, -0.05) is 17.7 Å². The van der Waals surface area contributed by atoms with Crippen LogP contribution in [0, 0.1) is 3.57 Å². The molecule has 2 amide bonds. The molecule has 0 aliphatic carbocycles. The van der Waals surface area contributed by atoms with E-state index in [1.807, 2.05) is 12.1 Å². The first-order valence-electron chi connectivity index (χ1n) is 6.95. The van der Waals surface area contributed by atoms with Crippen LogP contribution >= 0.6 is 34.2 Å². The summed E-state index contributed by atoms with van der Waals surface area (Å²) in [6, 6.07) is 8.82. The standard InChI is InChI=1S/C16H15ClIN3O2/c17-12-3-4-14(18)13(8-12)16(23)20-7-5-15(22)21-10-11-2-1-6-19-9-11/h1-4,6,8-9H,5,7,10H2,(H,20,23)(H,21,22). The monoisotopic (exact) mass is 443 g/mol. The molecule has 2 N–H and O–H groups in total. The summed E-state index contributed by atoms with van der Waals surface area (Å²) in [5.74, 6) is -0.369. The van der Waals surface area contributed by atoms with Crippen LogP contribution in [-0.4, -0.2) is 23.3 Å². The van der Waals surface area contributed by atoms with E-state index >= 15 is 0 Å². The van der Waals surface area contributed by atoms with E-state index in [0.29, 0.717) is 17.1 Å². The number of hydrogen-bond donors (Lipinski definition) is 2. The summed E-state index contributed by atoms with van der Waals surface area (Å²) in [6.07, 6.45) is 3.59. The molecular weight excluding hydrogens is 429 g/mol. The van der Waals surface area contributed by atoms with Crippen LogP contribution in [0.4, 0.5) is 0 Å². The van der Waals surface area contributed by atoms with Gasteiger partial charge in [-0.05, 0) is 52.4 Å². The van der Waals surface area contributed by atoms with Crippen LogP contribution in [0.1, 0.15) is 22.3 Å². The van der Waals surface area contributed by atoms with Gasteiger partial charge < -0.3 is 10.6 Å². The second-order valence-electron chi connectivity index (χ2n) is 4.77. The van der Waals surface area contributed by atoms with Crippen molar-refractivity contribution in [2.75, 3.05) is 6.54 Å². The molecule has 0 saturated heterocycles. The molecule has 0 atom stereocenters. The first kappa shape index (κ1) is 17.7. The predicted octanol–water partition coefficient (Wildman–Crippen LogP) is 2.78. The molecule has 23 heavy (non-hydrogen) atoms. The van der Waals surface area contributed by atoms with E-state index in [0.717, 1.165) is 9.13 Å². The number of nitrogens with one attached hydrogen (secondary N) is 2. The van der Waals surface area contributed by atoms with Crippen LogP contribution in [0.25, 0.3) is 0 Å². The summed E-state index contributed by atoms with van der Waals surface area (Å²) in [5, 5.41) is 6.01. The molecule has 2 rings (SSSR count). The van der Waals surface area contributed by atoms with E-state index in [1.54, 1.807) is 30.6 Å². The summed E-state index contributed by atoms with van der Waals surface area (Å²) in [5.41, 5.74) is 1.44. The van der Waals surface area contributed by atoms with Crippen LogP contribution in [-0.2, 0) is 11.3 Å². The number of pyridine rings is 1. The Morgan fingerprint density at radius 1 is 1.22 bits per heavy atom. The van der Waals surface area contributed by atoms with Crippen LogP contribution in [0.2, 0.25) is 5.02 Å². The maximum Gasteiger partial charge on any atom is 0.252 e. The third kappa shape index (κ3) is 5.80. The minimum Gasteiger partial charge on any atom is -0.352 e. The zero-order valence-electron chi connectivity index (χ0n) is 12.2. The molecule has 1 heterocycles. The lowest BCUT2D eigenvalue weighted by molar-refractivity contribution is -0.121. The third-order valence-corrected chi connectivity index (χ3v) is 4.20. The Morgan fingerprint density at radius 3 is 2.78 bits per heavy atom. The number of benzene rings is 1. The van der Waals surface area contributed by atoms with Gasteiger partial charge in [0, 0.05) is 40.5 Å². The summed E-state index contributed by atoms with van der Waals surface area (Å²) in [6.45, 7) is 0.688. The Labute approximate surface area is 153 Å². The van der Waals surface area contributed by atoms with Crippen molar-refractivity contribution in [3.05, 3.63) is 62.4 Å². The molecule has 0 bridgehead atoms. The maximum atomic E-state index is 12.1. The minimum absolute atomic E-state index is 0.130. The molecule has 0 fully saturated rings. The largest absolute Gasteiger partial charge is 0.352 e. The van der Waals surface area contributed by atoms with Crippen molar-refractivity contribution >= 4 is 46.0 Å². The zero-order valence-corrected chi connectivity index (χ0v) is 15.1. The predicted molar refractivity (Wildman–Crippen MR) is 97.2 cm³/mol. The Hall–Kier alpha value is -1.67. The second kappa shape index (κ2) is 8.83. The number of aromatic nitrogens is 1. The average molecular weight is 444 g/mol. The highest BCUT2D eigenvalue weighted by Gasteiger charge is 2.11. The van der Waals surface area contributed by atoms with Crippen molar-refractivity contribution in [1.82, 2.24) is 15.6 Å². The number of halogens is 2. The fraction of sp³-hybridized carbons (Fsp3) is 0.188. The number of carbonyl (C=O) groups excluding carboxylic acids is 2.